The number of aromatic nitrogens is 4. The molecule has 2 heterocycles. The molecule has 3 rings (SSSR count). The lowest BCUT2D eigenvalue weighted by Gasteiger charge is -2.07. The predicted molar refractivity (Wildman–Crippen MR) is 90.2 cm³/mol. The highest BCUT2D eigenvalue weighted by molar-refractivity contribution is 6.04. The minimum atomic E-state index is -0.175. The number of nitrogen functional groups attached to an aromatic ring is 1. The van der Waals surface area contributed by atoms with E-state index in [1.165, 1.54) is 6.33 Å². The highest BCUT2D eigenvalue weighted by Crippen LogP contribution is 2.10. The van der Waals surface area contributed by atoms with E-state index in [9.17, 15) is 4.79 Å². The molecular formula is C16H15N7O. The van der Waals surface area contributed by atoms with Gasteiger partial charge in [-0.05, 0) is 29.8 Å². The standard InChI is InChI=1S/C16H15N7O/c17-15-20-10-21-16(23-15)19-9-11-1-3-12(4-2-11)14(24)22-13-5-7-18-8-6-13/h1-8,10H,9H2,(H,18,22,24)(H3,17,19,20,21,23). The summed E-state index contributed by atoms with van der Waals surface area (Å²) in [7, 11) is 0. The van der Waals surface area contributed by atoms with Crippen LogP contribution in [0.4, 0.5) is 17.6 Å². The number of rotatable bonds is 5. The molecule has 4 N–H and O–H groups in total. The number of carbonyl (C=O) groups excluding carboxylic acids is 1. The lowest BCUT2D eigenvalue weighted by atomic mass is 10.1. The van der Waals surface area contributed by atoms with Crippen molar-refractivity contribution >= 4 is 23.5 Å². The lowest BCUT2D eigenvalue weighted by molar-refractivity contribution is 0.102. The topological polar surface area (TPSA) is 119 Å². The molecule has 1 aromatic carbocycles. The molecule has 0 saturated heterocycles. The summed E-state index contributed by atoms with van der Waals surface area (Å²) in [6.07, 6.45) is 4.59. The van der Waals surface area contributed by atoms with Crippen LogP contribution in [0.15, 0.2) is 55.1 Å². The number of carbonyl (C=O) groups is 1. The van der Waals surface area contributed by atoms with E-state index in [0.29, 0.717) is 23.7 Å². The molecule has 0 saturated carbocycles. The van der Waals surface area contributed by atoms with E-state index in [1.807, 2.05) is 12.1 Å². The third kappa shape index (κ3) is 4.01. The van der Waals surface area contributed by atoms with Crippen molar-refractivity contribution in [1.29, 1.82) is 0 Å². The molecule has 0 spiro atoms. The zero-order valence-corrected chi connectivity index (χ0v) is 12.7. The van der Waals surface area contributed by atoms with Crippen LogP contribution >= 0.6 is 0 Å². The van der Waals surface area contributed by atoms with Crippen molar-refractivity contribution in [2.24, 2.45) is 0 Å². The van der Waals surface area contributed by atoms with Crippen LogP contribution in [0.25, 0.3) is 0 Å². The van der Waals surface area contributed by atoms with Gasteiger partial charge in [-0.25, -0.2) is 9.97 Å². The van der Waals surface area contributed by atoms with E-state index < -0.39 is 0 Å². The van der Waals surface area contributed by atoms with E-state index in [0.717, 1.165) is 5.56 Å². The molecule has 8 nitrogen and oxygen atoms in total. The fourth-order valence-corrected chi connectivity index (χ4v) is 1.99. The summed E-state index contributed by atoms with van der Waals surface area (Å²) < 4.78 is 0. The van der Waals surface area contributed by atoms with E-state index in [-0.39, 0.29) is 11.9 Å². The molecule has 0 radical (unpaired) electrons. The molecule has 24 heavy (non-hydrogen) atoms. The van der Waals surface area contributed by atoms with Gasteiger partial charge in [-0.15, -0.1) is 0 Å². The summed E-state index contributed by atoms with van der Waals surface area (Å²) in [6, 6.07) is 10.7. The lowest BCUT2D eigenvalue weighted by Crippen LogP contribution is -2.12. The maximum absolute atomic E-state index is 12.2. The molecule has 120 valence electrons. The summed E-state index contributed by atoms with van der Waals surface area (Å²) in [5.74, 6) is 0.392. The number of hydrogen-bond donors (Lipinski definition) is 3. The maximum Gasteiger partial charge on any atom is 0.255 e. The van der Waals surface area contributed by atoms with Gasteiger partial charge >= 0.3 is 0 Å². The summed E-state index contributed by atoms with van der Waals surface area (Å²) in [4.78, 5) is 27.7. The Hall–Kier alpha value is -3.55. The minimum Gasteiger partial charge on any atom is -0.368 e. The predicted octanol–water partition coefficient (Wildman–Crippen LogP) is 1.71. The van der Waals surface area contributed by atoms with Gasteiger partial charge in [0.1, 0.15) is 6.33 Å². The number of amides is 1. The van der Waals surface area contributed by atoms with Gasteiger partial charge in [0, 0.05) is 30.2 Å². The first-order chi connectivity index (χ1) is 11.7. The van der Waals surface area contributed by atoms with Crippen LogP contribution in [-0.2, 0) is 6.54 Å². The minimum absolute atomic E-state index is 0.163. The van der Waals surface area contributed by atoms with Crippen molar-refractivity contribution in [3.8, 4) is 0 Å². The molecule has 2 aromatic heterocycles. The van der Waals surface area contributed by atoms with Gasteiger partial charge in [-0.2, -0.15) is 4.98 Å². The highest BCUT2D eigenvalue weighted by atomic mass is 16.1. The van der Waals surface area contributed by atoms with Crippen LogP contribution in [0.3, 0.4) is 0 Å². The van der Waals surface area contributed by atoms with Gasteiger partial charge in [0.05, 0.1) is 0 Å². The van der Waals surface area contributed by atoms with Crippen molar-refractivity contribution in [2.45, 2.75) is 6.54 Å². The average Bonchev–Trinajstić information content (AvgIpc) is 2.61. The molecule has 0 fully saturated rings. The molecule has 0 aliphatic heterocycles. The van der Waals surface area contributed by atoms with E-state index in [2.05, 4.69) is 30.6 Å². The Labute approximate surface area is 138 Å². The molecule has 0 aliphatic rings. The molecule has 3 aromatic rings. The highest BCUT2D eigenvalue weighted by Gasteiger charge is 2.06. The van der Waals surface area contributed by atoms with Crippen molar-refractivity contribution < 1.29 is 4.79 Å². The molecule has 0 bridgehead atoms. The third-order valence-corrected chi connectivity index (χ3v) is 3.20. The van der Waals surface area contributed by atoms with Crippen LogP contribution in [0.5, 0.6) is 0 Å². The second-order valence-corrected chi connectivity index (χ2v) is 4.91. The quantitative estimate of drug-likeness (QED) is 0.654. The fourth-order valence-electron chi connectivity index (χ4n) is 1.99. The number of anilines is 3. The van der Waals surface area contributed by atoms with Crippen LogP contribution < -0.4 is 16.4 Å². The Morgan fingerprint density at radius 1 is 1.04 bits per heavy atom. The molecular weight excluding hydrogens is 306 g/mol. The first-order valence-corrected chi connectivity index (χ1v) is 7.19. The smallest absolute Gasteiger partial charge is 0.255 e. The Kier molecular flexibility index (Phi) is 4.57. The fraction of sp³-hybridized carbons (Fsp3) is 0.0625. The number of benzene rings is 1. The van der Waals surface area contributed by atoms with Crippen molar-refractivity contribution in [3.63, 3.8) is 0 Å². The Morgan fingerprint density at radius 2 is 1.79 bits per heavy atom. The second-order valence-electron chi connectivity index (χ2n) is 4.91. The van der Waals surface area contributed by atoms with Gasteiger partial charge in [-0.3, -0.25) is 9.78 Å². The van der Waals surface area contributed by atoms with Gasteiger partial charge in [-0.1, -0.05) is 12.1 Å². The van der Waals surface area contributed by atoms with Crippen LogP contribution in [0.2, 0.25) is 0 Å². The largest absolute Gasteiger partial charge is 0.368 e. The normalized spacial score (nSPS) is 10.2. The zero-order chi connectivity index (χ0) is 16.8. The zero-order valence-electron chi connectivity index (χ0n) is 12.7. The SMILES string of the molecule is Nc1ncnc(NCc2ccc(C(=O)Nc3ccncc3)cc2)n1. The molecule has 0 unspecified atom stereocenters. The number of nitrogens with one attached hydrogen (secondary N) is 2. The van der Waals surface area contributed by atoms with Crippen LogP contribution in [0.1, 0.15) is 15.9 Å². The second kappa shape index (κ2) is 7.14. The molecule has 8 heteroatoms. The van der Waals surface area contributed by atoms with Gasteiger partial charge in [0.25, 0.3) is 5.91 Å². The summed E-state index contributed by atoms with van der Waals surface area (Å²) in [5.41, 5.74) is 7.75. The Balaban J connectivity index is 1.59. The number of hydrogen-bond acceptors (Lipinski definition) is 7. The number of nitrogens with two attached hydrogens (primary N) is 1. The molecule has 1 amide bonds. The van der Waals surface area contributed by atoms with Crippen molar-refractivity contribution in [1.82, 2.24) is 19.9 Å². The van der Waals surface area contributed by atoms with E-state index >= 15 is 0 Å². The summed E-state index contributed by atoms with van der Waals surface area (Å²) in [5, 5.41) is 5.85. The van der Waals surface area contributed by atoms with Crippen LogP contribution in [0, 0.1) is 0 Å². The third-order valence-electron chi connectivity index (χ3n) is 3.20. The molecule has 0 atom stereocenters. The first kappa shape index (κ1) is 15.3. The van der Waals surface area contributed by atoms with Gasteiger partial charge < -0.3 is 16.4 Å². The number of pyridine rings is 1. The van der Waals surface area contributed by atoms with E-state index in [1.54, 1.807) is 36.7 Å². The van der Waals surface area contributed by atoms with Crippen LogP contribution in [-0.4, -0.2) is 25.8 Å². The number of nitrogens with zero attached hydrogens (tertiary/aromatic N) is 4. The van der Waals surface area contributed by atoms with Crippen molar-refractivity contribution in [2.75, 3.05) is 16.4 Å². The monoisotopic (exact) mass is 321 g/mol. The summed E-state index contributed by atoms with van der Waals surface area (Å²) in [6.45, 7) is 0.510. The first-order valence-electron chi connectivity index (χ1n) is 7.19. The van der Waals surface area contributed by atoms with Gasteiger partial charge in [0.2, 0.25) is 11.9 Å². The van der Waals surface area contributed by atoms with Gasteiger partial charge in [0.15, 0.2) is 0 Å². The van der Waals surface area contributed by atoms with Crippen molar-refractivity contribution in [3.05, 3.63) is 66.2 Å². The van der Waals surface area contributed by atoms with E-state index in [4.69, 9.17) is 5.73 Å². The Bertz CT molecular complexity index is 821. The molecule has 0 aliphatic carbocycles. The maximum atomic E-state index is 12.2. The Morgan fingerprint density at radius 3 is 2.50 bits per heavy atom. The summed E-state index contributed by atoms with van der Waals surface area (Å²) >= 11 is 0. The average molecular weight is 321 g/mol.